The molecule has 0 unspecified atom stereocenters. The molecule has 4 nitrogen and oxygen atoms in total. The van der Waals surface area contributed by atoms with Crippen LogP contribution < -0.4 is 4.74 Å². The highest BCUT2D eigenvalue weighted by molar-refractivity contribution is 7.98. The average molecular weight is 285 g/mol. The number of para-hydroxylation sites is 1. The Kier molecular flexibility index (Phi) is 3.20. The average Bonchev–Trinajstić information content (AvgIpc) is 2.73. The molecule has 0 N–H and O–H groups in total. The fourth-order valence-corrected chi connectivity index (χ4v) is 2.98. The van der Waals surface area contributed by atoms with Gasteiger partial charge in [0.25, 0.3) is 11.8 Å². The number of amides is 2. The molecular formula is C15H11NO3S. The van der Waals surface area contributed by atoms with E-state index in [-0.39, 0.29) is 11.8 Å². The van der Waals surface area contributed by atoms with Crippen LogP contribution >= 0.6 is 11.9 Å². The van der Waals surface area contributed by atoms with Crippen molar-refractivity contribution in [3.63, 3.8) is 0 Å². The third kappa shape index (κ3) is 1.96. The van der Waals surface area contributed by atoms with E-state index in [4.69, 9.17) is 4.74 Å². The number of ether oxygens (including phenoxy) is 1. The first-order valence-electron chi connectivity index (χ1n) is 6.01. The molecule has 0 bridgehead atoms. The molecule has 0 atom stereocenters. The van der Waals surface area contributed by atoms with Crippen LogP contribution in [0.15, 0.2) is 53.4 Å². The summed E-state index contributed by atoms with van der Waals surface area (Å²) in [6.07, 6.45) is 0. The van der Waals surface area contributed by atoms with E-state index in [1.165, 1.54) is 4.31 Å². The number of hydrogen-bond donors (Lipinski definition) is 0. The highest BCUT2D eigenvalue weighted by atomic mass is 32.2. The second kappa shape index (κ2) is 5.02. The van der Waals surface area contributed by atoms with Crippen molar-refractivity contribution in [2.24, 2.45) is 0 Å². The second-order valence-corrected chi connectivity index (χ2v) is 5.18. The minimum atomic E-state index is -0.290. The zero-order valence-corrected chi connectivity index (χ0v) is 11.5. The van der Waals surface area contributed by atoms with Crippen LogP contribution in [0, 0.1) is 0 Å². The van der Waals surface area contributed by atoms with Crippen molar-refractivity contribution < 1.29 is 14.3 Å². The lowest BCUT2D eigenvalue weighted by molar-refractivity contribution is 0.0777. The fourth-order valence-electron chi connectivity index (χ4n) is 2.04. The highest BCUT2D eigenvalue weighted by Crippen LogP contribution is 2.36. The summed E-state index contributed by atoms with van der Waals surface area (Å²) in [5.41, 5.74) is 0.889. The van der Waals surface area contributed by atoms with Gasteiger partial charge in [-0.1, -0.05) is 24.3 Å². The van der Waals surface area contributed by atoms with Gasteiger partial charge in [-0.15, -0.1) is 0 Å². The summed E-state index contributed by atoms with van der Waals surface area (Å²) in [4.78, 5) is 25.2. The van der Waals surface area contributed by atoms with Gasteiger partial charge in [-0.2, -0.15) is 0 Å². The van der Waals surface area contributed by atoms with E-state index in [2.05, 4.69) is 0 Å². The van der Waals surface area contributed by atoms with Crippen LogP contribution in [0.3, 0.4) is 0 Å². The third-order valence-electron chi connectivity index (χ3n) is 3.02. The van der Waals surface area contributed by atoms with E-state index in [1.807, 2.05) is 18.2 Å². The standard InChI is InChI=1S/C15H11NO3S/c1-19-12-8-4-5-9-13(12)20-16-14(17)10-6-2-3-7-11(10)15(16)18/h2-9H,1H3. The van der Waals surface area contributed by atoms with Crippen LogP contribution in [0.2, 0.25) is 0 Å². The maximum Gasteiger partial charge on any atom is 0.272 e. The van der Waals surface area contributed by atoms with Crippen molar-refractivity contribution in [3.8, 4) is 5.75 Å². The van der Waals surface area contributed by atoms with E-state index in [0.717, 1.165) is 16.8 Å². The molecule has 0 aromatic heterocycles. The minimum absolute atomic E-state index is 0.290. The molecule has 0 radical (unpaired) electrons. The summed E-state index contributed by atoms with van der Waals surface area (Å²) >= 11 is 1.08. The molecule has 1 aliphatic heterocycles. The van der Waals surface area contributed by atoms with Gasteiger partial charge in [0.2, 0.25) is 0 Å². The van der Waals surface area contributed by atoms with Crippen molar-refractivity contribution in [2.75, 3.05) is 7.11 Å². The predicted octanol–water partition coefficient (Wildman–Crippen LogP) is 3.00. The molecule has 0 fully saturated rings. The number of hydrogen-bond acceptors (Lipinski definition) is 4. The summed E-state index contributed by atoms with van der Waals surface area (Å²) in [5, 5.41) is 0. The lowest BCUT2D eigenvalue weighted by Gasteiger charge is -2.14. The fraction of sp³-hybridized carbons (Fsp3) is 0.0667. The van der Waals surface area contributed by atoms with Gasteiger partial charge in [0, 0.05) is 11.9 Å². The second-order valence-electron chi connectivity index (χ2n) is 4.19. The summed E-state index contributed by atoms with van der Waals surface area (Å²) < 4.78 is 6.40. The van der Waals surface area contributed by atoms with Crippen molar-refractivity contribution in [1.82, 2.24) is 4.31 Å². The van der Waals surface area contributed by atoms with E-state index in [9.17, 15) is 9.59 Å². The number of carbonyl (C=O) groups is 2. The number of carbonyl (C=O) groups excluding carboxylic acids is 2. The summed E-state index contributed by atoms with van der Waals surface area (Å²) in [7, 11) is 1.56. The normalized spacial score (nSPS) is 13.6. The van der Waals surface area contributed by atoms with Gasteiger partial charge in [0.05, 0.1) is 23.1 Å². The molecule has 2 aromatic rings. The monoisotopic (exact) mass is 285 g/mol. The van der Waals surface area contributed by atoms with Crippen LogP contribution in [0.4, 0.5) is 0 Å². The Balaban J connectivity index is 1.94. The zero-order valence-electron chi connectivity index (χ0n) is 10.7. The Morgan fingerprint density at radius 1 is 0.900 bits per heavy atom. The van der Waals surface area contributed by atoms with Crippen molar-refractivity contribution in [3.05, 3.63) is 59.7 Å². The maximum absolute atomic E-state index is 12.3. The van der Waals surface area contributed by atoms with Gasteiger partial charge < -0.3 is 4.74 Å². The number of fused-ring (bicyclic) bond motifs is 1. The molecule has 5 heteroatoms. The van der Waals surface area contributed by atoms with E-state index >= 15 is 0 Å². The molecule has 0 spiro atoms. The molecule has 1 heterocycles. The van der Waals surface area contributed by atoms with Gasteiger partial charge in [0.15, 0.2) is 0 Å². The molecule has 0 aliphatic carbocycles. The first-order chi connectivity index (χ1) is 9.72. The summed E-state index contributed by atoms with van der Waals surface area (Å²) in [6.45, 7) is 0. The molecule has 1 aliphatic rings. The first-order valence-corrected chi connectivity index (χ1v) is 6.78. The minimum Gasteiger partial charge on any atom is -0.496 e. The predicted molar refractivity (Wildman–Crippen MR) is 75.8 cm³/mol. The lowest BCUT2D eigenvalue weighted by Crippen LogP contribution is -2.22. The van der Waals surface area contributed by atoms with Crippen LogP contribution in [0.1, 0.15) is 20.7 Å². The van der Waals surface area contributed by atoms with Crippen LogP contribution in [-0.2, 0) is 0 Å². The molecule has 20 heavy (non-hydrogen) atoms. The van der Waals surface area contributed by atoms with Gasteiger partial charge in [-0.05, 0) is 24.3 Å². The van der Waals surface area contributed by atoms with Crippen LogP contribution in [0.25, 0.3) is 0 Å². The number of rotatable bonds is 3. The summed E-state index contributed by atoms with van der Waals surface area (Å²) in [6, 6.07) is 14.1. The first kappa shape index (κ1) is 12.7. The highest BCUT2D eigenvalue weighted by Gasteiger charge is 2.36. The van der Waals surface area contributed by atoms with Crippen LogP contribution in [0.5, 0.6) is 5.75 Å². The Labute approximate surface area is 120 Å². The van der Waals surface area contributed by atoms with E-state index in [0.29, 0.717) is 16.9 Å². The Morgan fingerprint density at radius 2 is 1.45 bits per heavy atom. The smallest absolute Gasteiger partial charge is 0.272 e. The Bertz CT molecular complexity index is 664. The molecule has 3 rings (SSSR count). The SMILES string of the molecule is COc1ccccc1SN1C(=O)c2ccccc2C1=O. The quantitative estimate of drug-likeness (QED) is 0.642. The number of nitrogens with zero attached hydrogens (tertiary/aromatic N) is 1. The molecular weight excluding hydrogens is 274 g/mol. The summed E-state index contributed by atoms with van der Waals surface area (Å²) in [5.74, 6) is 0.0528. The van der Waals surface area contributed by atoms with Gasteiger partial charge in [-0.3, -0.25) is 9.59 Å². The van der Waals surface area contributed by atoms with Crippen molar-refractivity contribution in [2.45, 2.75) is 4.90 Å². The Morgan fingerprint density at radius 3 is 2.05 bits per heavy atom. The van der Waals surface area contributed by atoms with Crippen LogP contribution in [-0.4, -0.2) is 23.2 Å². The molecule has 2 amide bonds. The third-order valence-corrected chi connectivity index (χ3v) is 4.06. The van der Waals surface area contributed by atoms with Gasteiger partial charge >= 0.3 is 0 Å². The van der Waals surface area contributed by atoms with Gasteiger partial charge in [0.1, 0.15) is 5.75 Å². The molecule has 2 aromatic carbocycles. The molecule has 0 saturated heterocycles. The van der Waals surface area contributed by atoms with Crippen molar-refractivity contribution in [1.29, 1.82) is 0 Å². The number of benzene rings is 2. The van der Waals surface area contributed by atoms with Crippen molar-refractivity contribution >= 4 is 23.8 Å². The molecule has 100 valence electrons. The largest absolute Gasteiger partial charge is 0.496 e. The topological polar surface area (TPSA) is 46.6 Å². The number of imide groups is 1. The van der Waals surface area contributed by atoms with Gasteiger partial charge in [-0.25, -0.2) is 4.31 Å². The zero-order chi connectivity index (χ0) is 14.1. The number of methoxy groups -OCH3 is 1. The lowest BCUT2D eigenvalue weighted by atomic mass is 10.1. The Hall–Kier alpha value is -2.27. The molecule has 0 saturated carbocycles. The van der Waals surface area contributed by atoms with E-state index < -0.39 is 0 Å². The maximum atomic E-state index is 12.3. The van der Waals surface area contributed by atoms with E-state index in [1.54, 1.807) is 37.4 Å².